The van der Waals surface area contributed by atoms with Crippen molar-refractivity contribution in [2.75, 3.05) is 6.61 Å². The molecule has 0 spiro atoms. The molecule has 0 radical (unpaired) electrons. The summed E-state index contributed by atoms with van der Waals surface area (Å²) in [7, 11) is 0. The van der Waals surface area contributed by atoms with E-state index in [0.29, 0.717) is 0 Å². The number of aryl methyl sites for hydroxylation is 1. The smallest absolute Gasteiger partial charge is 0.101 e. The lowest BCUT2D eigenvalue weighted by atomic mass is 10.0. The fourth-order valence-corrected chi connectivity index (χ4v) is 2.09. The van der Waals surface area contributed by atoms with Crippen molar-refractivity contribution in [2.24, 2.45) is 0 Å². The number of benzene rings is 1. The number of nitrogens with one attached hydrogen (secondary N) is 1. The molecular weight excluding hydrogens is 206 g/mol. The van der Waals surface area contributed by atoms with Gasteiger partial charge in [-0.15, -0.1) is 0 Å². The minimum atomic E-state index is -0.920. The van der Waals surface area contributed by atoms with Gasteiger partial charge in [-0.25, -0.2) is 0 Å². The average Bonchev–Trinajstić information content (AvgIpc) is 2.57. The predicted octanol–water partition coefficient (Wildman–Crippen LogP) is -0.278. The van der Waals surface area contributed by atoms with Crippen LogP contribution in [-0.4, -0.2) is 40.2 Å². The first-order chi connectivity index (χ1) is 7.63. The van der Waals surface area contributed by atoms with E-state index in [4.69, 9.17) is 5.11 Å². The molecule has 0 bridgehead atoms. The zero-order valence-electron chi connectivity index (χ0n) is 9.17. The Kier molecular flexibility index (Phi) is 3.25. The van der Waals surface area contributed by atoms with Gasteiger partial charge in [0.25, 0.3) is 0 Å². The molecule has 16 heavy (non-hydrogen) atoms. The highest BCUT2D eigenvalue weighted by atomic mass is 16.3. The van der Waals surface area contributed by atoms with E-state index in [1.807, 2.05) is 31.2 Å². The molecule has 4 heteroatoms. The third-order valence-corrected chi connectivity index (χ3v) is 3.13. The topological polar surface area (TPSA) is 72.7 Å². The zero-order valence-corrected chi connectivity index (χ0v) is 9.17. The molecule has 1 aliphatic rings. The number of rotatable bonds is 2. The van der Waals surface area contributed by atoms with Crippen LogP contribution in [-0.2, 0) is 0 Å². The van der Waals surface area contributed by atoms with Crippen molar-refractivity contribution in [2.45, 2.75) is 31.2 Å². The molecule has 1 aliphatic heterocycles. The highest BCUT2D eigenvalue weighted by Gasteiger charge is 2.41. The van der Waals surface area contributed by atoms with Crippen molar-refractivity contribution in [1.82, 2.24) is 5.32 Å². The third-order valence-electron chi connectivity index (χ3n) is 3.13. The maximum Gasteiger partial charge on any atom is 0.101 e. The minimum Gasteiger partial charge on any atom is -0.395 e. The lowest BCUT2D eigenvalue weighted by Crippen LogP contribution is -2.35. The van der Waals surface area contributed by atoms with Crippen LogP contribution in [0.15, 0.2) is 24.3 Å². The van der Waals surface area contributed by atoms with Crippen LogP contribution >= 0.6 is 0 Å². The minimum absolute atomic E-state index is 0.180. The maximum atomic E-state index is 9.86. The quantitative estimate of drug-likeness (QED) is 0.556. The van der Waals surface area contributed by atoms with Gasteiger partial charge in [0.05, 0.1) is 24.8 Å². The molecule has 1 aromatic carbocycles. The van der Waals surface area contributed by atoms with E-state index in [9.17, 15) is 10.2 Å². The van der Waals surface area contributed by atoms with Crippen LogP contribution in [0.25, 0.3) is 0 Å². The lowest BCUT2D eigenvalue weighted by molar-refractivity contribution is 0.0194. The normalized spacial score (nSPS) is 34.2. The Labute approximate surface area is 94.5 Å². The van der Waals surface area contributed by atoms with Gasteiger partial charge in [0.15, 0.2) is 0 Å². The summed E-state index contributed by atoms with van der Waals surface area (Å²) >= 11 is 0. The van der Waals surface area contributed by atoms with Crippen LogP contribution in [0.4, 0.5) is 0 Å². The van der Waals surface area contributed by atoms with Gasteiger partial charge in [-0.05, 0) is 12.5 Å². The van der Waals surface area contributed by atoms with Gasteiger partial charge in [0, 0.05) is 0 Å². The van der Waals surface area contributed by atoms with Crippen LogP contribution in [0.2, 0.25) is 0 Å². The lowest BCUT2D eigenvalue weighted by Gasteiger charge is -2.16. The Hall–Kier alpha value is -0.940. The second kappa shape index (κ2) is 4.51. The second-order valence-corrected chi connectivity index (χ2v) is 4.33. The SMILES string of the molecule is Cc1ccc([C@@H]2N[C@H](CO)[C@@H](O)[C@H]2O)cc1. The van der Waals surface area contributed by atoms with Crippen LogP contribution in [0.5, 0.6) is 0 Å². The highest BCUT2D eigenvalue weighted by molar-refractivity contribution is 5.27. The molecule has 0 aromatic heterocycles. The van der Waals surface area contributed by atoms with Gasteiger partial charge in [-0.1, -0.05) is 29.8 Å². The Bertz CT molecular complexity index is 352. The van der Waals surface area contributed by atoms with Gasteiger partial charge >= 0.3 is 0 Å². The van der Waals surface area contributed by atoms with E-state index in [1.54, 1.807) is 0 Å². The molecule has 1 saturated heterocycles. The van der Waals surface area contributed by atoms with Crippen molar-refractivity contribution in [1.29, 1.82) is 0 Å². The number of hydrogen-bond acceptors (Lipinski definition) is 4. The summed E-state index contributed by atoms with van der Waals surface area (Å²) in [5.74, 6) is 0. The Morgan fingerprint density at radius 1 is 1.12 bits per heavy atom. The second-order valence-electron chi connectivity index (χ2n) is 4.33. The Morgan fingerprint density at radius 2 is 1.75 bits per heavy atom. The van der Waals surface area contributed by atoms with Gasteiger partial charge in [-0.2, -0.15) is 0 Å². The number of aliphatic hydroxyl groups excluding tert-OH is 3. The van der Waals surface area contributed by atoms with Crippen molar-refractivity contribution < 1.29 is 15.3 Å². The number of aliphatic hydroxyl groups is 3. The molecule has 4 nitrogen and oxygen atoms in total. The molecule has 0 aliphatic carbocycles. The van der Waals surface area contributed by atoms with E-state index in [-0.39, 0.29) is 12.6 Å². The third kappa shape index (κ3) is 1.97. The van der Waals surface area contributed by atoms with Crippen LogP contribution < -0.4 is 5.32 Å². The van der Waals surface area contributed by atoms with Gasteiger partial charge < -0.3 is 20.6 Å². The maximum absolute atomic E-state index is 9.86. The Morgan fingerprint density at radius 3 is 2.25 bits per heavy atom. The van der Waals surface area contributed by atoms with E-state index >= 15 is 0 Å². The summed E-state index contributed by atoms with van der Waals surface area (Å²) in [4.78, 5) is 0. The van der Waals surface area contributed by atoms with Gasteiger partial charge in [-0.3, -0.25) is 0 Å². The first-order valence-electron chi connectivity index (χ1n) is 5.43. The van der Waals surface area contributed by atoms with E-state index in [0.717, 1.165) is 11.1 Å². The van der Waals surface area contributed by atoms with Crippen LogP contribution in [0, 0.1) is 6.92 Å². The summed E-state index contributed by atoms with van der Waals surface area (Å²) in [5.41, 5.74) is 2.07. The first kappa shape index (κ1) is 11.5. The predicted molar refractivity (Wildman–Crippen MR) is 59.9 cm³/mol. The summed E-state index contributed by atoms with van der Waals surface area (Å²) in [6.45, 7) is 1.81. The van der Waals surface area contributed by atoms with Crippen molar-refractivity contribution in [3.8, 4) is 0 Å². The molecule has 4 N–H and O–H groups in total. The van der Waals surface area contributed by atoms with Crippen molar-refractivity contribution in [3.05, 3.63) is 35.4 Å². The highest BCUT2D eigenvalue weighted by Crippen LogP contribution is 2.27. The summed E-state index contributed by atoms with van der Waals surface area (Å²) < 4.78 is 0. The molecule has 4 atom stereocenters. The van der Waals surface area contributed by atoms with Crippen molar-refractivity contribution in [3.63, 3.8) is 0 Å². The van der Waals surface area contributed by atoms with Gasteiger partial charge in [0.1, 0.15) is 6.10 Å². The average molecular weight is 223 g/mol. The van der Waals surface area contributed by atoms with Crippen LogP contribution in [0.1, 0.15) is 17.2 Å². The molecular formula is C12H17NO3. The number of hydrogen-bond donors (Lipinski definition) is 4. The molecule has 0 amide bonds. The zero-order chi connectivity index (χ0) is 11.7. The fourth-order valence-electron chi connectivity index (χ4n) is 2.09. The fraction of sp³-hybridized carbons (Fsp3) is 0.500. The van der Waals surface area contributed by atoms with Crippen LogP contribution in [0.3, 0.4) is 0 Å². The summed E-state index contributed by atoms with van der Waals surface area (Å²) in [6, 6.07) is 6.99. The molecule has 88 valence electrons. The monoisotopic (exact) mass is 223 g/mol. The van der Waals surface area contributed by atoms with E-state index < -0.39 is 18.2 Å². The largest absolute Gasteiger partial charge is 0.395 e. The molecule has 0 unspecified atom stereocenters. The van der Waals surface area contributed by atoms with E-state index in [2.05, 4.69) is 5.32 Å². The van der Waals surface area contributed by atoms with E-state index in [1.165, 1.54) is 0 Å². The molecule has 1 aromatic rings. The standard InChI is InChI=1S/C12H17NO3/c1-7-2-4-8(5-3-7)10-12(16)11(15)9(6-14)13-10/h2-5,9-16H,6H2,1H3/t9-,10+,11-,12+/m1/s1. The van der Waals surface area contributed by atoms with Gasteiger partial charge in [0.2, 0.25) is 0 Å². The summed E-state index contributed by atoms with van der Waals surface area (Å²) in [5, 5.41) is 31.6. The molecule has 1 fully saturated rings. The molecule has 2 rings (SSSR count). The Balaban J connectivity index is 2.19. The first-order valence-corrected chi connectivity index (χ1v) is 5.43. The molecule has 0 saturated carbocycles. The summed E-state index contributed by atoms with van der Waals surface area (Å²) in [6.07, 6.45) is -1.80. The van der Waals surface area contributed by atoms with Crippen molar-refractivity contribution >= 4 is 0 Å². The molecule has 1 heterocycles.